The number of fused-ring (bicyclic) bond motifs is 2. The van der Waals surface area contributed by atoms with Crippen LogP contribution in [-0.4, -0.2) is 6.71 Å². The SMILES string of the molecule is CC(C)c1cc(C(C)C)c(B2c3cc(Br)ccc3Oc3ccc(Br)cc32)c(C(C)C)c1. The van der Waals surface area contributed by atoms with Gasteiger partial charge in [0, 0.05) is 8.95 Å². The summed E-state index contributed by atoms with van der Waals surface area (Å²) < 4.78 is 8.52. The highest BCUT2D eigenvalue weighted by atomic mass is 79.9. The predicted molar refractivity (Wildman–Crippen MR) is 142 cm³/mol. The molecule has 3 aromatic carbocycles. The van der Waals surface area contributed by atoms with Crippen molar-refractivity contribution in [2.45, 2.75) is 59.3 Å². The highest BCUT2D eigenvalue weighted by Crippen LogP contribution is 2.31. The van der Waals surface area contributed by atoms with E-state index in [9.17, 15) is 0 Å². The number of hydrogen-bond acceptors (Lipinski definition) is 1. The zero-order valence-corrected chi connectivity index (χ0v) is 22.3. The van der Waals surface area contributed by atoms with Gasteiger partial charge in [-0.2, -0.15) is 0 Å². The lowest BCUT2D eigenvalue weighted by Gasteiger charge is -2.32. The number of ether oxygens (including phenoxy) is 1. The van der Waals surface area contributed by atoms with Crippen molar-refractivity contribution in [3.8, 4) is 11.5 Å². The molecule has 0 aliphatic carbocycles. The summed E-state index contributed by atoms with van der Waals surface area (Å²) in [5.41, 5.74) is 8.20. The van der Waals surface area contributed by atoms with Crippen molar-refractivity contribution in [2.24, 2.45) is 0 Å². The normalized spacial score (nSPS) is 12.9. The van der Waals surface area contributed by atoms with Crippen LogP contribution in [0, 0.1) is 0 Å². The molecule has 0 spiro atoms. The molecular weight excluding hydrogens is 511 g/mol. The lowest BCUT2D eigenvalue weighted by molar-refractivity contribution is 0.487. The number of rotatable bonds is 4. The second kappa shape index (κ2) is 8.79. The van der Waals surface area contributed by atoms with Gasteiger partial charge in [0.05, 0.1) is 0 Å². The Morgan fingerprint density at radius 1 is 0.645 bits per heavy atom. The molecule has 0 aromatic heterocycles. The van der Waals surface area contributed by atoms with E-state index in [4.69, 9.17) is 4.74 Å². The second-order valence-corrected chi connectivity index (χ2v) is 11.3. The van der Waals surface area contributed by atoms with E-state index in [0.29, 0.717) is 17.8 Å². The summed E-state index contributed by atoms with van der Waals surface area (Å²) in [6.07, 6.45) is 0. The minimum atomic E-state index is 0.129. The third kappa shape index (κ3) is 4.26. The molecule has 0 fully saturated rings. The average molecular weight is 540 g/mol. The molecule has 160 valence electrons. The fourth-order valence-electron chi connectivity index (χ4n) is 4.62. The van der Waals surface area contributed by atoms with Crippen LogP contribution in [0.25, 0.3) is 0 Å². The fraction of sp³-hybridized carbons (Fsp3) is 0.333. The molecule has 0 saturated heterocycles. The third-order valence-electron chi connectivity index (χ3n) is 6.25. The van der Waals surface area contributed by atoms with Crippen LogP contribution in [-0.2, 0) is 0 Å². The Hall–Kier alpha value is -1.52. The van der Waals surface area contributed by atoms with E-state index in [0.717, 1.165) is 20.4 Å². The monoisotopic (exact) mass is 538 g/mol. The molecule has 4 heteroatoms. The molecule has 3 aromatic rings. The Morgan fingerprint density at radius 3 is 1.48 bits per heavy atom. The summed E-state index contributed by atoms with van der Waals surface area (Å²) in [7, 11) is 0. The third-order valence-corrected chi connectivity index (χ3v) is 7.24. The summed E-state index contributed by atoms with van der Waals surface area (Å²) in [6.45, 7) is 14.0. The molecule has 1 nitrogen and oxygen atoms in total. The highest BCUT2D eigenvalue weighted by Gasteiger charge is 2.36. The maximum Gasteiger partial charge on any atom is 0.251 e. The minimum absolute atomic E-state index is 0.129. The first-order valence-corrected chi connectivity index (χ1v) is 12.7. The molecule has 1 aliphatic rings. The Labute approximate surface area is 203 Å². The van der Waals surface area contributed by atoms with E-state index >= 15 is 0 Å². The Kier molecular flexibility index (Phi) is 6.43. The molecule has 0 atom stereocenters. The van der Waals surface area contributed by atoms with E-state index in [1.807, 2.05) is 0 Å². The standard InChI is InChI=1S/C27H29BBr2O/c1-15(2)18-11-21(16(3)4)27(22(12-18)17(5)6)28-23-13-19(29)7-9-25(23)31-26-10-8-20(30)14-24(26)28/h7-17H,1-6H3. The van der Waals surface area contributed by atoms with Gasteiger partial charge in [0.25, 0.3) is 6.71 Å². The van der Waals surface area contributed by atoms with Crippen molar-refractivity contribution < 1.29 is 4.74 Å². The quantitative estimate of drug-likeness (QED) is 0.249. The Bertz CT molecular complexity index is 1050. The van der Waals surface area contributed by atoms with Gasteiger partial charge in [-0.25, -0.2) is 0 Å². The first kappa shape index (κ1) is 22.7. The summed E-state index contributed by atoms with van der Waals surface area (Å²) in [5.74, 6) is 3.25. The highest BCUT2D eigenvalue weighted by molar-refractivity contribution is 9.10. The lowest BCUT2D eigenvalue weighted by Crippen LogP contribution is -2.57. The van der Waals surface area contributed by atoms with E-state index in [-0.39, 0.29) is 6.71 Å². The van der Waals surface area contributed by atoms with Crippen molar-refractivity contribution >= 4 is 55.0 Å². The second-order valence-electron chi connectivity index (χ2n) is 9.48. The average Bonchev–Trinajstić information content (AvgIpc) is 2.71. The molecule has 0 radical (unpaired) electrons. The molecule has 31 heavy (non-hydrogen) atoms. The smallest absolute Gasteiger partial charge is 0.251 e. The zero-order chi connectivity index (χ0) is 22.4. The van der Waals surface area contributed by atoms with E-state index < -0.39 is 0 Å². The summed E-state index contributed by atoms with van der Waals surface area (Å²) >= 11 is 7.41. The topological polar surface area (TPSA) is 9.23 Å². The molecule has 0 amide bonds. The largest absolute Gasteiger partial charge is 0.458 e. The Morgan fingerprint density at radius 2 is 1.10 bits per heavy atom. The fourth-order valence-corrected chi connectivity index (χ4v) is 5.38. The molecule has 0 N–H and O–H groups in total. The van der Waals surface area contributed by atoms with Crippen LogP contribution in [0.15, 0.2) is 57.5 Å². The van der Waals surface area contributed by atoms with Crippen LogP contribution in [0.5, 0.6) is 11.5 Å². The number of benzene rings is 3. The zero-order valence-electron chi connectivity index (χ0n) is 19.1. The van der Waals surface area contributed by atoms with Gasteiger partial charge in [-0.05, 0) is 81.8 Å². The van der Waals surface area contributed by atoms with Gasteiger partial charge in [0.2, 0.25) is 0 Å². The van der Waals surface area contributed by atoms with Gasteiger partial charge < -0.3 is 4.74 Å². The predicted octanol–water partition coefficient (Wildman–Crippen LogP) is 7.20. The molecule has 1 heterocycles. The summed E-state index contributed by atoms with van der Waals surface area (Å²) in [4.78, 5) is 0. The van der Waals surface area contributed by atoms with E-state index in [2.05, 4.69) is 122 Å². The van der Waals surface area contributed by atoms with Gasteiger partial charge >= 0.3 is 0 Å². The molecule has 1 aliphatic heterocycles. The maximum atomic E-state index is 6.36. The Balaban J connectivity index is 2.10. The van der Waals surface area contributed by atoms with Crippen LogP contribution < -0.4 is 21.1 Å². The van der Waals surface area contributed by atoms with Crippen LogP contribution in [0.4, 0.5) is 0 Å². The lowest BCUT2D eigenvalue weighted by atomic mass is 9.34. The molecule has 0 bridgehead atoms. The van der Waals surface area contributed by atoms with Gasteiger partial charge in [-0.1, -0.05) is 91.0 Å². The first-order chi connectivity index (χ1) is 14.7. The van der Waals surface area contributed by atoms with Crippen LogP contribution >= 0.6 is 31.9 Å². The van der Waals surface area contributed by atoms with Gasteiger partial charge in [-0.15, -0.1) is 0 Å². The number of halogens is 2. The molecule has 0 unspecified atom stereocenters. The van der Waals surface area contributed by atoms with Crippen molar-refractivity contribution in [2.75, 3.05) is 0 Å². The summed E-state index contributed by atoms with van der Waals surface area (Å²) in [6, 6.07) is 17.7. The van der Waals surface area contributed by atoms with E-state index in [1.165, 1.54) is 33.1 Å². The van der Waals surface area contributed by atoms with Crippen molar-refractivity contribution in [3.05, 3.63) is 74.2 Å². The van der Waals surface area contributed by atoms with E-state index in [1.54, 1.807) is 0 Å². The van der Waals surface area contributed by atoms with Crippen LogP contribution in [0.3, 0.4) is 0 Å². The first-order valence-electron chi connectivity index (χ1n) is 11.1. The molecule has 0 saturated carbocycles. The molecule has 4 rings (SSSR count). The molecular formula is C27H29BBr2O. The van der Waals surface area contributed by atoms with Crippen molar-refractivity contribution in [3.63, 3.8) is 0 Å². The summed E-state index contributed by atoms with van der Waals surface area (Å²) in [5, 5.41) is 0. The van der Waals surface area contributed by atoms with Crippen molar-refractivity contribution in [1.82, 2.24) is 0 Å². The number of hydrogen-bond donors (Lipinski definition) is 0. The van der Waals surface area contributed by atoms with Gasteiger partial charge in [-0.3, -0.25) is 0 Å². The van der Waals surface area contributed by atoms with Gasteiger partial charge in [0.1, 0.15) is 11.5 Å². The van der Waals surface area contributed by atoms with Crippen LogP contribution in [0.1, 0.15) is 76.0 Å². The van der Waals surface area contributed by atoms with Crippen LogP contribution in [0.2, 0.25) is 0 Å². The minimum Gasteiger partial charge on any atom is -0.458 e. The van der Waals surface area contributed by atoms with Gasteiger partial charge in [0.15, 0.2) is 0 Å². The van der Waals surface area contributed by atoms with Crippen molar-refractivity contribution in [1.29, 1.82) is 0 Å². The maximum absolute atomic E-state index is 6.36.